The van der Waals surface area contributed by atoms with E-state index in [1.807, 2.05) is 28.2 Å². The molecule has 0 aliphatic carbocycles. The quantitative estimate of drug-likeness (QED) is 0.442. The summed E-state index contributed by atoms with van der Waals surface area (Å²) >= 11 is 25.4. The van der Waals surface area contributed by atoms with Crippen molar-refractivity contribution in [2.45, 2.75) is 0 Å². The molecule has 2 heterocycles. The van der Waals surface area contributed by atoms with Crippen LogP contribution < -0.4 is 9.80 Å². The molecular formula is C22H18Cl4N4O2. The molecule has 1 aliphatic heterocycles. The van der Waals surface area contributed by atoms with Crippen LogP contribution in [0.25, 0.3) is 11.3 Å². The van der Waals surface area contributed by atoms with Crippen LogP contribution in [0.5, 0.6) is 5.88 Å². The molecule has 32 heavy (non-hydrogen) atoms. The summed E-state index contributed by atoms with van der Waals surface area (Å²) in [5, 5.41) is 12.4. The van der Waals surface area contributed by atoms with Gasteiger partial charge in [-0.25, -0.2) is 4.99 Å². The number of aromatic nitrogens is 1. The number of amides is 1. The van der Waals surface area contributed by atoms with Gasteiger partial charge in [0, 0.05) is 49.4 Å². The lowest BCUT2D eigenvalue weighted by Gasteiger charge is -2.19. The first-order chi connectivity index (χ1) is 15.0. The van der Waals surface area contributed by atoms with Crippen LogP contribution in [0, 0.1) is 0 Å². The molecule has 0 radical (unpaired) electrons. The van der Waals surface area contributed by atoms with Gasteiger partial charge < -0.3 is 19.9 Å². The molecule has 0 fully saturated rings. The van der Waals surface area contributed by atoms with Gasteiger partial charge in [0.1, 0.15) is 0 Å². The maximum atomic E-state index is 13.1. The normalized spacial score (nSPS) is 12.8. The molecule has 2 N–H and O–H groups in total. The predicted octanol–water partition coefficient (Wildman–Crippen LogP) is 6.12. The summed E-state index contributed by atoms with van der Waals surface area (Å²) in [6.07, 6.45) is 0. The summed E-state index contributed by atoms with van der Waals surface area (Å²) < 4.78 is 0. The second-order valence-corrected chi connectivity index (χ2v) is 9.41. The topological polar surface area (TPSA) is 71.9 Å². The van der Waals surface area contributed by atoms with Gasteiger partial charge >= 0.3 is 0 Å². The van der Waals surface area contributed by atoms with E-state index in [1.165, 1.54) is 0 Å². The molecule has 1 aromatic heterocycles. The van der Waals surface area contributed by atoms with Crippen LogP contribution in [-0.2, 0) is 0 Å². The first-order valence-corrected chi connectivity index (χ1v) is 10.9. The number of anilines is 2. The second kappa shape index (κ2) is 8.19. The molecule has 0 atom stereocenters. The van der Waals surface area contributed by atoms with Crippen LogP contribution in [0.4, 0.5) is 11.4 Å². The monoisotopic (exact) mass is 510 g/mol. The van der Waals surface area contributed by atoms with Crippen molar-refractivity contribution >= 4 is 69.4 Å². The van der Waals surface area contributed by atoms with E-state index in [1.54, 1.807) is 34.1 Å². The van der Waals surface area contributed by atoms with Gasteiger partial charge in [0.25, 0.3) is 5.91 Å². The van der Waals surface area contributed by atoms with Crippen molar-refractivity contribution in [3.05, 3.63) is 61.0 Å². The number of aromatic hydroxyl groups is 1. The van der Waals surface area contributed by atoms with E-state index in [0.29, 0.717) is 48.3 Å². The number of rotatable bonds is 4. The van der Waals surface area contributed by atoms with Crippen molar-refractivity contribution in [1.82, 2.24) is 4.98 Å². The maximum absolute atomic E-state index is 13.1. The minimum Gasteiger partial charge on any atom is -0.494 e. The summed E-state index contributed by atoms with van der Waals surface area (Å²) in [4.78, 5) is 23.9. The van der Waals surface area contributed by atoms with E-state index in [-0.39, 0.29) is 22.7 Å². The number of nitrogens with one attached hydrogen (secondary N) is 1. The molecule has 0 unspecified atom stereocenters. The number of halogens is 4. The highest BCUT2D eigenvalue weighted by atomic mass is 35.5. The zero-order chi connectivity index (χ0) is 23.5. The van der Waals surface area contributed by atoms with Crippen molar-refractivity contribution in [3.8, 4) is 17.1 Å². The number of hydrogen-bond acceptors (Lipinski definition) is 4. The molecule has 0 spiro atoms. The molecule has 166 valence electrons. The Morgan fingerprint density at radius 3 is 1.84 bits per heavy atom. The van der Waals surface area contributed by atoms with Gasteiger partial charge in [-0.1, -0.05) is 46.4 Å². The first kappa shape index (κ1) is 22.8. The van der Waals surface area contributed by atoms with Crippen molar-refractivity contribution in [1.29, 1.82) is 0 Å². The van der Waals surface area contributed by atoms with E-state index in [0.717, 1.165) is 0 Å². The van der Waals surface area contributed by atoms with E-state index in [4.69, 9.17) is 46.4 Å². The first-order valence-electron chi connectivity index (χ1n) is 9.43. The molecule has 6 nitrogen and oxygen atoms in total. The van der Waals surface area contributed by atoms with Crippen LogP contribution in [0.2, 0.25) is 20.1 Å². The number of fused-ring (bicyclic) bond motifs is 1. The number of aromatic amines is 1. The van der Waals surface area contributed by atoms with Crippen molar-refractivity contribution in [2.24, 2.45) is 4.99 Å². The number of aliphatic imine (C=N–C) groups is 1. The molecule has 3 aromatic rings. The van der Waals surface area contributed by atoms with Crippen LogP contribution in [0.15, 0.2) is 29.3 Å². The van der Waals surface area contributed by atoms with E-state index >= 15 is 0 Å². The number of carbonyl (C=O) groups excluding carboxylic acids is 1. The van der Waals surface area contributed by atoms with Crippen molar-refractivity contribution in [3.63, 3.8) is 0 Å². The van der Waals surface area contributed by atoms with E-state index < -0.39 is 5.91 Å². The highest BCUT2D eigenvalue weighted by Gasteiger charge is 2.36. The van der Waals surface area contributed by atoms with Gasteiger partial charge in [-0.2, -0.15) is 0 Å². The Bertz CT molecular complexity index is 1310. The fraction of sp³-hybridized carbons (Fsp3) is 0.182. The molecule has 4 rings (SSSR count). The standard InChI is InChI=1S/C22H18Cl4N4O2/c1-29(2)19-11(5-9(23)7-13(19)25)17-15-16(22(32)27-17)18(28-21(15)31)12-6-10(24)8-14(26)20(12)30(3)4/h5-8,27,32H,1-4H3. The SMILES string of the molecule is CN(C)c1c(Cl)cc(Cl)cc1C1=NC(=O)c2c(-c3cc(Cl)cc(Cl)c3N(C)C)[nH]c(O)c21. The lowest BCUT2D eigenvalue weighted by atomic mass is 9.98. The zero-order valence-electron chi connectivity index (χ0n) is 17.5. The van der Waals surface area contributed by atoms with Crippen LogP contribution in [0.3, 0.4) is 0 Å². The summed E-state index contributed by atoms with van der Waals surface area (Å²) in [6.45, 7) is 0. The lowest BCUT2D eigenvalue weighted by Crippen LogP contribution is -2.15. The van der Waals surface area contributed by atoms with Crippen LogP contribution >= 0.6 is 46.4 Å². The van der Waals surface area contributed by atoms with Crippen molar-refractivity contribution < 1.29 is 9.90 Å². The third kappa shape index (κ3) is 3.61. The van der Waals surface area contributed by atoms with Gasteiger partial charge in [-0.05, 0) is 24.3 Å². The number of carbonyl (C=O) groups is 1. The zero-order valence-corrected chi connectivity index (χ0v) is 20.5. The van der Waals surface area contributed by atoms with E-state index in [2.05, 4.69) is 9.98 Å². The van der Waals surface area contributed by atoms with Crippen LogP contribution in [0.1, 0.15) is 21.5 Å². The molecule has 1 amide bonds. The molecule has 10 heteroatoms. The van der Waals surface area contributed by atoms with Crippen molar-refractivity contribution in [2.75, 3.05) is 38.0 Å². The molecular weight excluding hydrogens is 494 g/mol. The number of H-pyrrole nitrogens is 1. The molecule has 1 aliphatic rings. The Balaban J connectivity index is 2.00. The van der Waals surface area contributed by atoms with Gasteiger partial charge in [0.05, 0.1) is 44.0 Å². The number of hydrogen-bond donors (Lipinski definition) is 2. The average Bonchev–Trinajstić information content (AvgIpc) is 3.18. The largest absolute Gasteiger partial charge is 0.494 e. The summed E-state index contributed by atoms with van der Waals surface area (Å²) in [6, 6.07) is 6.57. The lowest BCUT2D eigenvalue weighted by molar-refractivity contribution is 0.101. The second-order valence-electron chi connectivity index (χ2n) is 7.72. The highest BCUT2D eigenvalue weighted by molar-refractivity contribution is 6.40. The predicted molar refractivity (Wildman–Crippen MR) is 133 cm³/mol. The fourth-order valence-corrected chi connectivity index (χ4v) is 5.28. The third-order valence-electron chi connectivity index (χ3n) is 5.12. The average molecular weight is 512 g/mol. The molecule has 0 saturated heterocycles. The molecule has 0 saturated carbocycles. The number of nitrogens with zero attached hydrogens (tertiary/aromatic N) is 3. The Hall–Kier alpha value is -2.38. The molecule has 0 bridgehead atoms. The van der Waals surface area contributed by atoms with Gasteiger partial charge in [0.2, 0.25) is 0 Å². The highest BCUT2D eigenvalue weighted by Crippen LogP contribution is 2.45. The Labute approximate surface area is 205 Å². The van der Waals surface area contributed by atoms with Crippen LogP contribution in [-0.4, -0.2) is 49.9 Å². The Morgan fingerprint density at radius 2 is 1.31 bits per heavy atom. The van der Waals surface area contributed by atoms with Gasteiger partial charge in [-0.3, -0.25) is 4.79 Å². The molecule has 2 aromatic carbocycles. The van der Waals surface area contributed by atoms with Gasteiger partial charge in [0.15, 0.2) is 5.88 Å². The summed E-state index contributed by atoms with van der Waals surface area (Å²) in [7, 11) is 7.28. The maximum Gasteiger partial charge on any atom is 0.280 e. The minimum atomic E-state index is -0.511. The fourth-order valence-electron chi connectivity index (χ4n) is 3.95. The van der Waals surface area contributed by atoms with E-state index in [9.17, 15) is 9.90 Å². The Morgan fingerprint density at radius 1 is 0.812 bits per heavy atom. The summed E-state index contributed by atoms with van der Waals surface area (Å²) in [5.74, 6) is -0.718. The Kier molecular flexibility index (Phi) is 5.84. The van der Waals surface area contributed by atoms with Gasteiger partial charge in [-0.15, -0.1) is 0 Å². The number of benzene rings is 2. The minimum absolute atomic E-state index is 0.207. The summed E-state index contributed by atoms with van der Waals surface area (Å²) in [5.41, 5.74) is 3.49. The third-order valence-corrected chi connectivity index (χ3v) is 6.13. The smallest absolute Gasteiger partial charge is 0.280 e.